The quantitative estimate of drug-likeness (QED) is 0.126. The van der Waals surface area contributed by atoms with Gasteiger partial charge in [-0.25, -0.2) is 0 Å². The van der Waals surface area contributed by atoms with Crippen LogP contribution in [0.3, 0.4) is 0 Å². The number of hydrogen-bond acceptors (Lipinski definition) is 2. The first-order valence-electron chi connectivity index (χ1n) is 13.6. The predicted molar refractivity (Wildman–Crippen MR) is 167 cm³/mol. The summed E-state index contributed by atoms with van der Waals surface area (Å²) in [5.41, 5.74) is 7.46. The smallest absolute Gasteiger partial charge is 0.330 e. The second-order valence-corrected chi connectivity index (χ2v) is 11.0. The van der Waals surface area contributed by atoms with Gasteiger partial charge in [-0.15, -0.1) is 0 Å². The number of aryl methyl sites for hydroxylation is 1. The van der Waals surface area contributed by atoms with Gasteiger partial charge < -0.3 is 9.76 Å². The van der Waals surface area contributed by atoms with Crippen molar-refractivity contribution in [2.75, 3.05) is 0 Å². The summed E-state index contributed by atoms with van der Waals surface area (Å²) in [6.07, 6.45) is 1.71. The summed E-state index contributed by atoms with van der Waals surface area (Å²) < 4.78 is 6.01. The van der Waals surface area contributed by atoms with E-state index < -0.39 is 11.2 Å². The van der Waals surface area contributed by atoms with Gasteiger partial charge in [-0.2, -0.15) is 0 Å². The molecular weight excluding hydrogens is 475 g/mol. The molecule has 0 aliphatic carbocycles. The molecule has 1 radical (unpaired) electrons. The summed E-state index contributed by atoms with van der Waals surface area (Å²) in [6.45, 7) is 11.9. The fraction of sp³-hybridized carbons (Fsp3) is 0.222. The zero-order valence-electron chi connectivity index (χ0n) is 23.5. The SMILES string of the molecule is C=C(/C(=C(\CCc1cccc([B]OC(C)(C)C(C)(C)O)c1)c1ccccc1)c1ccccc1)c1ccccc1. The van der Waals surface area contributed by atoms with Crippen molar-refractivity contribution in [3.05, 3.63) is 144 Å². The van der Waals surface area contributed by atoms with Gasteiger partial charge in [0, 0.05) is 0 Å². The van der Waals surface area contributed by atoms with Crippen LogP contribution in [0, 0.1) is 0 Å². The van der Waals surface area contributed by atoms with Crippen molar-refractivity contribution >= 4 is 29.7 Å². The minimum atomic E-state index is -0.967. The highest BCUT2D eigenvalue weighted by atomic mass is 16.5. The summed E-state index contributed by atoms with van der Waals surface area (Å²) in [6, 6.07) is 40.0. The lowest BCUT2D eigenvalue weighted by molar-refractivity contribution is -0.0893. The highest BCUT2D eigenvalue weighted by Gasteiger charge is 2.35. The third-order valence-corrected chi connectivity index (χ3v) is 7.49. The van der Waals surface area contributed by atoms with E-state index in [0.717, 1.165) is 35.0 Å². The second kappa shape index (κ2) is 12.5. The molecule has 39 heavy (non-hydrogen) atoms. The summed E-state index contributed by atoms with van der Waals surface area (Å²) in [5, 5.41) is 10.4. The molecule has 4 aromatic rings. The molecule has 197 valence electrons. The van der Waals surface area contributed by atoms with E-state index in [4.69, 9.17) is 4.65 Å². The van der Waals surface area contributed by atoms with Gasteiger partial charge in [0.1, 0.15) is 0 Å². The van der Waals surface area contributed by atoms with Gasteiger partial charge >= 0.3 is 7.48 Å². The van der Waals surface area contributed by atoms with Crippen LogP contribution in [0.1, 0.15) is 56.4 Å². The van der Waals surface area contributed by atoms with Gasteiger partial charge in [0.05, 0.1) is 11.2 Å². The van der Waals surface area contributed by atoms with Crippen LogP contribution in [-0.2, 0) is 11.1 Å². The lowest BCUT2D eigenvalue weighted by atomic mass is 9.81. The van der Waals surface area contributed by atoms with E-state index in [-0.39, 0.29) is 0 Å². The molecule has 4 rings (SSSR count). The van der Waals surface area contributed by atoms with Crippen LogP contribution in [0.15, 0.2) is 122 Å². The topological polar surface area (TPSA) is 29.5 Å². The Morgan fingerprint density at radius 2 is 1.26 bits per heavy atom. The van der Waals surface area contributed by atoms with Gasteiger partial charge in [-0.05, 0) is 79.5 Å². The van der Waals surface area contributed by atoms with Crippen LogP contribution < -0.4 is 5.46 Å². The number of rotatable bonds is 11. The van der Waals surface area contributed by atoms with Crippen molar-refractivity contribution < 1.29 is 9.76 Å². The van der Waals surface area contributed by atoms with Crippen LogP contribution in [-0.4, -0.2) is 23.8 Å². The summed E-state index contributed by atoms with van der Waals surface area (Å²) in [4.78, 5) is 0. The number of aliphatic hydroxyl groups is 1. The average Bonchev–Trinajstić information content (AvgIpc) is 2.95. The molecule has 0 unspecified atom stereocenters. The highest BCUT2D eigenvalue weighted by Crippen LogP contribution is 2.38. The second-order valence-electron chi connectivity index (χ2n) is 11.0. The van der Waals surface area contributed by atoms with Crippen LogP contribution in [0.4, 0.5) is 0 Å². The molecular formula is C36H38BO2. The molecule has 0 aliphatic heterocycles. The summed E-state index contributed by atoms with van der Waals surface area (Å²) in [5.74, 6) is 0. The Hall–Kier alpha value is -3.66. The first-order valence-corrected chi connectivity index (χ1v) is 13.6. The Balaban J connectivity index is 1.69. The van der Waals surface area contributed by atoms with E-state index in [1.807, 2.05) is 26.0 Å². The van der Waals surface area contributed by atoms with Crippen LogP contribution in [0.5, 0.6) is 0 Å². The summed E-state index contributed by atoms with van der Waals surface area (Å²) >= 11 is 0. The summed E-state index contributed by atoms with van der Waals surface area (Å²) in [7, 11) is 1.75. The molecule has 3 heteroatoms. The lowest BCUT2D eigenvalue weighted by Crippen LogP contribution is -2.49. The number of allylic oxidation sites excluding steroid dienone is 3. The molecule has 0 saturated carbocycles. The molecule has 0 aromatic heterocycles. The molecule has 0 amide bonds. The molecule has 0 aliphatic rings. The molecule has 1 N–H and O–H groups in total. The molecule has 0 heterocycles. The van der Waals surface area contributed by atoms with Gasteiger partial charge in [0.2, 0.25) is 0 Å². The zero-order chi connectivity index (χ0) is 27.9. The number of hydrogen-bond donors (Lipinski definition) is 1. The van der Waals surface area contributed by atoms with E-state index in [0.29, 0.717) is 0 Å². The average molecular weight is 514 g/mol. The van der Waals surface area contributed by atoms with E-state index >= 15 is 0 Å². The van der Waals surface area contributed by atoms with E-state index in [1.54, 1.807) is 21.3 Å². The fourth-order valence-corrected chi connectivity index (χ4v) is 4.42. The van der Waals surface area contributed by atoms with Gasteiger partial charge in [-0.3, -0.25) is 0 Å². The van der Waals surface area contributed by atoms with E-state index in [1.165, 1.54) is 22.3 Å². The minimum absolute atomic E-state index is 0.714. The van der Waals surface area contributed by atoms with Crippen molar-refractivity contribution in [3.63, 3.8) is 0 Å². The lowest BCUT2D eigenvalue weighted by Gasteiger charge is -2.37. The Bertz CT molecular complexity index is 1400. The van der Waals surface area contributed by atoms with Crippen LogP contribution in [0.25, 0.3) is 16.7 Å². The maximum atomic E-state index is 10.4. The Morgan fingerprint density at radius 3 is 1.82 bits per heavy atom. The van der Waals surface area contributed by atoms with Crippen molar-refractivity contribution in [2.45, 2.75) is 51.7 Å². The van der Waals surface area contributed by atoms with E-state index in [2.05, 4.69) is 110 Å². The van der Waals surface area contributed by atoms with Gasteiger partial charge in [0.25, 0.3) is 0 Å². The number of benzene rings is 4. The van der Waals surface area contributed by atoms with Crippen molar-refractivity contribution in [3.8, 4) is 0 Å². The maximum absolute atomic E-state index is 10.4. The standard InChI is InChI=1S/C36H38BO2/c1-27(29-17-9-6-10-18-29)34(31-21-13-8-14-22-31)33(30-19-11-7-12-20-30)25-24-28-16-15-23-32(26-28)37-39-36(4,5)35(2,3)38/h6-23,26,38H,1,24-25H2,2-5H3/b34-33-. The van der Waals surface area contributed by atoms with Crippen molar-refractivity contribution in [1.82, 2.24) is 0 Å². The molecule has 0 saturated heterocycles. The van der Waals surface area contributed by atoms with Crippen LogP contribution >= 0.6 is 0 Å². The van der Waals surface area contributed by atoms with Gasteiger partial charge in [-0.1, -0.05) is 127 Å². The third-order valence-electron chi connectivity index (χ3n) is 7.49. The predicted octanol–water partition coefficient (Wildman–Crippen LogP) is 7.75. The molecule has 0 bridgehead atoms. The van der Waals surface area contributed by atoms with Crippen LogP contribution in [0.2, 0.25) is 0 Å². The van der Waals surface area contributed by atoms with Crippen molar-refractivity contribution in [1.29, 1.82) is 0 Å². The highest BCUT2D eigenvalue weighted by molar-refractivity contribution is 6.47. The fourth-order valence-electron chi connectivity index (χ4n) is 4.42. The molecule has 2 nitrogen and oxygen atoms in total. The Morgan fingerprint density at radius 1 is 0.718 bits per heavy atom. The minimum Gasteiger partial charge on any atom is -0.427 e. The Kier molecular flexibility index (Phi) is 9.06. The first-order chi connectivity index (χ1) is 18.7. The first kappa shape index (κ1) is 28.4. The normalized spacial score (nSPS) is 12.5. The molecule has 0 spiro atoms. The Labute approximate surface area is 235 Å². The maximum Gasteiger partial charge on any atom is 0.330 e. The molecule has 4 aromatic carbocycles. The monoisotopic (exact) mass is 513 g/mol. The van der Waals surface area contributed by atoms with Crippen molar-refractivity contribution in [2.24, 2.45) is 0 Å². The largest absolute Gasteiger partial charge is 0.427 e. The molecule has 0 fully saturated rings. The zero-order valence-corrected chi connectivity index (χ0v) is 23.5. The third kappa shape index (κ3) is 7.26. The molecule has 0 atom stereocenters. The van der Waals surface area contributed by atoms with Gasteiger partial charge in [0.15, 0.2) is 0 Å². The van der Waals surface area contributed by atoms with E-state index in [9.17, 15) is 5.11 Å².